The van der Waals surface area contributed by atoms with Gasteiger partial charge in [0.1, 0.15) is 11.9 Å². The number of nitrogens with zero attached hydrogens (tertiary/aromatic N) is 4. The largest absolute Gasteiger partial charge is 0.269 e. The van der Waals surface area contributed by atoms with Crippen molar-refractivity contribution >= 4 is 5.69 Å². The normalized spacial score (nSPS) is 10.4. The van der Waals surface area contributed by atoms with Crippen molar-refractivity contribution in [3.63, 3.8) is 0 Å². The van der Waals surface area contributed by atoms with Crippen LogP contribution in [0.1, 0.15) is 11.3 Å². The first kappa shape index (κ1) is 15.4. The second kappa shape index (κ2) is 5.93. The standard InChI is InChI=1S/C17H11FN4O2/c1-11-8-12(2-7-16(11)18)17-9-13(10-19)20-21(17)14-3-5-15(6-4-14)22(23)24/h2-9H,1H3. The maximum Gasteiger partial charge on any atom is 0.269 e. The van der Waals surface area contributed by atoms with Gasteiger partial charge in [-0.05, 0) is 42.8 Å². The predicted octanol–water partition coefficient (Wildman–Crippen LogP) is 3.77. The van der Waals surface area contributed by atoms with Gasteiger partial charge in [-0.2, -0.15) is 10.4 Å². The molecule has 0 saturated carbocycles. The van der Waals surface area contributed by atoms with E-state index in [1.165, 1.54) is 22.9 Å². The Hall–Kier alpha value is -3.53. The lowest BCUT2D eigenvalue weighted by atomic mass is 10.1. The van der Waals surface area contributed by atoms with E-state index in [0.29, 0.717) is 22.5 Å². The molecule has 0 fully saturated rings. The molecule has 0 aliphatic carbocycles. The quantitative estimate of drug-likeness (QED) is 0.542. The lowest BCUT2D eigenvalue weighted by molar-refractivity contribution is -0.384. The Balaban J connectivity index is 2.14. The van der Waals surface area contributed by atoms with Crippen LogP contribution in [0, 0.1) is 34.2 Å². The van der Waals surface area contributed by atoms with E-state index in [1.54, 1.807) is 37.3 Å². The highest BCUT2D eigenvalue weighted by atomic mass is 19.1. The first-order chi connectivity index (χ1) is 11.5. The number of benzene rings is 2. The summed E-state index contributed by atoms with van der Waals surface area (Å²) in [6.07, 6.45) is 0. The van der Waals surface area contributed by atoms with Crippen molar-refractivity contribution in [1.82, 2.24) is 9.78 Å². The minimum atomic E-state index is -0.488. The highest BCUT2D eigenvalue weighted by molar-refractivity contribution is 5.64. The molecule has 2 aromatic carbocycles. The van der Waals surface area contributed by atoms with E-state index in [0.717, 1.165) is 0 Å². The molecule has 1 heterocycles. The number of rotatable bonds is 3. The molecule has 0 N–H and O–H groups in total. The lowest BCUT2D eigenvalue weighted by Gasteiger charge is -2.08. The molecule has 0 saturated heterocycles. The van der Waals surface area contributed by atoms with Gasteiger partial charge in [0.2, 0.25) is 0 Å². The third kappa shape index (κ3) is 2.73. The van der Waals surface area contributed by atoms with Gasteiger partial charge in [-0.1, -0.05) is 0 Å². The molecule has 1 aromatic heterocycles. The second-order valence-electron chi connectivity index (χ2n) is 5.18. The minimum Gasteiger partial charge on any atom is -0.258 e. The summed E-state index contributed by atoms with van der Waals surface area (Å²) in [7, 11) is 0. The molecule has 3 aromatic rings. The van der Waals surface area contributed by atoms with Crippen molar-refractivity contribution in [1.29, 1.82) is 5.26 Å². The summed E-state index contributed by atoms with van der Waals surface area (Å²) in [6, 6.07) is 14.0. The van der Waals surface area contributed by atoms with Gasteiger partial charge < -0.3 is 0 Å². The summed E-state index contributed by atoms with van der Waals surface area (Å²) >= 11 is 0. The molecule has 0 amide bonds. The maximum absolute atomic E-state index is 13.5. The number of aryl methyl sites for hydroxylation is 1. The van der Waals surface area contributed by atoms with E-state index < -0.39 is 4.92 Å². The van der Waals surface area contributed by atoms with Crippen LogP contribution in [0.5, 0.6) is 0 Å². The molecule has 0 unspecified atom stereocenters. The average molecular weight is 322 g/mol. The number of nitro groups is 1. The van der Waals surface area contributed by atoms with Gasteiger partial charge in [0.05, 0.1) is 16.3 Å². The van der Waals surface area contributed by atoms with Gasteiger partial charge in [0, 0.05) is 23.8 Å². The number of aromatic nitrogens is 2. The van der Waals surface area contributed by atoms with Crippen LogP contribution in [0.4, 0.5) is 10.1 Å². The van der Waals surface area contributed by atoms with Gasteiger partial charge in [-0.25, -0.2) is 9.07 Å². The number of nitro benzene ring substituents is 1. The molecular weight excluding hydrogens is 311 g/mol. The van der Waals surface area contributed by atoms with Gasteiger partial charge in [-0.15, -0.1) is 0 Å². The molecule has 118 valence electrons. The van der Waals surface area contributed by atoms with Gasteiger partial charge in [0.25, 0.3) is 5.69 Å². The molecule has 24 heavy (non-hydrogen) atoms. The van der Waals surface area contributed by atoms with Crippen molar-refractivity contribution in [2.45, 2.75) is 6.92 Å². The van der Waals surface area contributed by atoms with Crippen LogP contribution >= 0.6 is 0 Å². The highest BCUT2D eigenvalue weighted by Crippen LogP contribution is 2.26. The Morgan fingerprint density at radius 3 is 2.50 bits per heavy atom. The smallest absolute Gasteiger partial charge is 0.258 e. The Kier molecular flexibility index (Phi) is 3.80. The van der Waals surface area contributed by atoms with Gasteiger partial charge in [0.15, 0.2) is 5.69 Å². The summed E-state index contributed by atoms with van der Waals surface area (Å²) in [5.41, 5.74) is 2.50. The number of hydrogen-bond donors (Lipinski definition) is 0. The fourth-order valence-corrected chi connectivity index (χ4v) is 2.36. The Labute approximate surface area is 136 Å². The number of halogens is 1. The first-order valence-corrected chi connectivity index (χ1v) is 7.01. The lowest BCUT2D eigenvalue weighted by Crippen LogP contribution is -2.00. The number of non-ortho nitro benzene ring substituents is 1. The van der Waals surface area contributed by atoms with Crippen LogP contribution in [0.25, 0.3) is 16.9 Å². The molecule has 0 spiro atoms. The fourth-order valence-electron chi connectivity index (χ4n) is 2.36. The molecule has 0 aliphatic rings. The number of nitriles is 1. The summed E-state index contributed by atoms with van der Waals surface area (Å²) in [5, 5.41) is 24.1. The summed E-state index contributed by atoms with van der Waals surface area (Å²) < 4.78 is 15.0. The van der Waals surface area contributed by atoms with Crippen LogP contribution in [0.2, 0.25) is 0 Å². The fraction of sp³-hybridized carbons (Fsp3) is 0.0588. The molecule has 7 heteroatoms. The highest BCUT2D eigenvalue weighted by Gasteiger charge is 2.14. The van der Waals surface area contributed by atoms with Crippen LogP contribution in [-0.2, 0) is 0 Å². The van der Waals surface area contributed by atoms with Crippen LogP contribution < -0.4 is 0 Å². The Morgan fingerprint density at radius 1 is 1.21 bits per heavy atom. The molecule has 0 atom stereocenters. The van der Waals surface area contributed by atoms with Crippen molar-refractivity contribution in [2.75, 3.05) is 0 Å². The summed E-state index contributed by atoms with van der Waals surface area (Å²) in [5.74, 6) is -0.319. The van der Waals surface area contributed by atoms with E-state index in [4.69, 9.17) is 5.26 Å². The molecule has 0 radical (unpaired) electrons. The zero-order chi connectivity index (χ0) is 17.3. The third-order valence-corrected chi connectivity index (χ3v) is 3.58. The minimum absolute atomic E-state index is 0.0365. The molecule has 6 nitrogen and oxygen atoms in total. The average Bonchev–Trinajstić information content (AvgIpc) is 3.02. The van der Waals surface area contributed by atoms with Crippen LogP contribution in [0.15, 0.2) is 48.5 Å². The predicted molar refractivity (Wildman–Crippen MR) is 85.1 cm³/mol. The second-order valence-corrected chi connectivity index (χ2v) is 5.18. The topological polar surface area (TPSA) is 84.8 Å². The zero-order valence-electron chi connectivity index (χ0n) is 12.6. The van der Waals surface area contributed by atoms with Crippen molar-refractivity contribution in [3.05, 3.63) is 75.7 Å². The van der Waals surface area contributed by atoms with E-state index in [-0.39, 0.29) is 17.2 Å². The Morgan fingerprint density at radius 2 is 1.92 bits per heavy atom. The third-order valence-electron chi connectivity index (χ3n) is 3.58. The van der Waals surface area contributed by atoms with Crippen molar-refractivity contribution in [2.24, 2.45) is 0 Å². The van der Waals surface area contributed by atoms with Crippen molar-refractivity contribution in [3.8, 4) is 23.0 Å². The summed E-state index contributed by atoms with van der Waals surface area (Å²) in [4.78, 5) is 10.3. The van der Waals surface area contributed by atoms with E-state index in [9.17, 15) is 14.5 Å². The number of hydrogen-bond acceptors (Lipinski definition) is 4. The van der Waals surface area contributed by atoms with Crippen molar-refractivity contribution < 1.29 is 9.31 Å². The first-order valence-electron chi connectivity index (χ1n) is 7.01. The van der Waals surface area contributed by atoms with Crippen LogP contribution in [0.3, 0.4) is 0 Å². The Bertz CT molecular complexity index is 971. The van der Waals surface area contributed by atoms with Crippen LogP contribution in [-0.4, -0.2) is 14.7 Å². The molecule has 0 bridgehead atoms. The van der Waals surface area contributed by atoms with E-state index in [2.05, 4.69) is 5.10 Å². The van der Waals surface area contributed by atoms with E-state index >= 15 is 0 Å². The molecule has 3 rings (SSSR count). The zero-order valence-corrected chi connectivity index (χ0v) is 12.6. The SMILES string of the molecule is Cc1cc(-c2cc(C#N)nn2-c2ccc([N+](=O)[O-])cc2)ccc1F. The molecular formula is C17H11FN4O2. The van der Waals surface area contributed by atoms with E-state index in [1.807, 2.05) is 6.07 Å². The monoisotopic (exact) mass is 322 g/mol. The summed E-state index contributed by atoms with van der Waals surface area (Å²) in [6.45, 7) is 1.65. The maximum atomic E-state index is 13.5. The van der Waals surface area contributed by atoms with Gasteiger partial charge in [-0.3, -0.25) is 10.1 Å². The molecule has 0 aliphatic heterocycles. The van der Waals surface area contributed by atoms with Gasteiger partial charge >= 0.3 is 0 Å².